The maximum atomic E-state index is 11.0. The first kappa shape index (κ1) is 14.9. The Labute approximate surface area is 127 Å². The Morgan fingerprint density at radius 3 is 2.43 bits per heavy atom. The van der Waals surface area contributed by atoms with Crippen molar-refractivity contribution in [1.29, 1.82) is 0 Å². The van der Waals surface area contributed by atoms with Gasteiger partial charge in [0, 0.05) is 17.6 Å². The number of rotatable bonds is 1. The van der Waals surface area contributed by atoms with Crippen LogP contribution in [-0.2, 0) is 0 Å². The zero-order valence-electron chi connectivity index (χ0n) is 13.5. The summed E-state index contributed by atoms with van der Waals surface area (Å²) in [5, 5.41) is 11.0. The van der Waals surface area contributed by atoms with Gasteiger partial charge in [0.25, 0.3) is 0 Å². The van der Waals surface area contributed by atoms with Crippen molar-refractivity contribution < 1.29 is 9.84 Å². The number of nitrogens with zero attached hydrogens (tertiary/aromatic N) is 1. The van der Waals surface area contributed by atoms with Gasteiger partial charge in [-0.25, -0.2) is 0 Å². The number of piperidine rings is 1. The molecular formula is C18H27NO2. The molecule has 0 amide bonds. The predicted octanol–water partition coefficient (Wildman–Crippen LogP) is 3.52. The van der Waals surface area contributed by atoms with E-state index in [1.165, 1.54) is 19.3 Å². The highest BCUT2D eigenvalue weighted by molar-refractivity contribution is 5.39. The second-order valence-electron chi connectivity index (χ2n) is 7.21. The molecule has 0 saturated carbocycles. The fraction of sp³-hybridized carbons (Fsp3) is 0.667. The summed E-state index contributed by atoms with van der Waals surface area (Å²) in [6.45, 7) is 8.76. The van der Waals surface area contributed by atoms with Crippen LogP contribution in [0.3, 0.4) is 0 Å². The summed E-state index contributed by atoms with van der Waals surface area (Å²) in [6.07, 6.45) is 3.18. The molecule has 3 rings (SSSR count). The van der Waals surface area contributed by atoms with Crippen molar-refractivity contribution in [2.24, 2.45) is 0 Å². The molecule has 3 nitrogen and oxygen atoms in total. The van der Waals surface area contributed by atoms with Crippen molar-refractivity contribution in [2.45, 2.75) is 76.8 Å². The lowest BCUT2D eigenvalue weighted by molar-refractivity contribution is -0.115. The molecule has 3 heteroatoms. The molecule has 0 aliphatic carbocycles. The summed E-state index contributed by atoms with van der Waals surface area (Å²) in [4.78, 5) is 2.49. The number of ether oxygens (including phenoxy) is 1. The smallest absolute Gasteiger partial charge is 0.126 e. The maximum absolute atomic E-state index is 11.0. The number of likely N-dealkylation sites (tertiary alicyclic amines) is 1. The monoisotopic (exact) mass is 289 g/mol. The molecule has 1 saturated heterocycles. The van der Waals surface area contributed by atoms with Gasteiger partial charge in [-0.2, -0.15) is 0 Å². The Morgan fingerprint density at radius 2 is 1.76 bits per heavy atom. The van der Waals surface area contributed by atoms with E-state index in [1.807, 2.05) is 24.3 Å². The van der Waals surface area contributed by atoms with Crippen LogP contribution in [0.4, 0.5) is 0 Å². The van der Waals surface area contributed by atoms with Crippen molar-refractivity contribution in [3.8, 4) is 5.75 Å². The molecule has 1 fully saturated rings. The lowest BCUT2D eigenvalue weighted by Crippen LogP contribution is -2.63. The largest absolute Gasteiger partial charge is 0.486 e. The molecule has 2 aliphatic rings. The highest BCUT2D eigenvalue weighted by Gasteiger charge is 2.49. The van der Waals surface area contributed by atoms with Crippen molar-refractivity contribution in [3.63, 3.8) is 0 Å². The van der Waals surface area contributed by atoms with Gasteiger partial charge >= 0.3 is 0 Å². The second kappa shape index (κ2) is 5.29. The number of para-hydroxylation sites is 1. The van der Waals surface area contributed by atoms with Gasteiger partial charge in [0.15, 0.2) is 0 Å². The first-order valence-electron chi connectivity index (χ1n) is 8.15. The average molecular weight is 289 g/mol. The highest BCUT2D eigenvalue weighted by Crippen LogP contribution is 2.44. The zero-order valence-corrected chi connectivity index (χ0v) is 13.5. The van der Waals surface area contributed by atoms with E-state index in [-0.39, 0.29) is 6.04 Å². The van der Waals surface area contributed by atoms with E-state index >= 15 is 0 Å². The average Bonchev–Trinajstić information content (AvgIpc) is 2.41. The fourth-order valence-corrected chi connectivity index (χ4v) is 4.22. The van der Waals surface area contributed by atoms with Crippen LogP contribution in [0.2, 0.25) is 0 Å². The molecule has 0 radical (unpaired) electrons. The van der Waals surface area contributed by atoms with Crippen LogP contribution >= 0.6 is 0 Å². The molecule has 2 heterocycles. The number of aliphatic hydroxyl groups excluding tert-OH is 1. The number of hydrogen-bond donors (Lipinski definition) is 1. The Morgan fingerprint density at radius 1 is 1.14 bits per heavy atom. The lowest BCUT2D eigenvalue weighted by atomic mass is 9.81. The standard InChI is InChI=1S/C18H27NO2/c1-12-8-7-9-13(2)19(12)17-16(20)14-10-5-6-11-15(14)21-18(17,3)4/h5-6,10-13,16-17,20H,7-9H2,1-4H3. The third-order valence-corrected chi connectivity index (χ3v) is 5.20. The van der Waals surface area contributed by atoms with Crippen LogP contribution in [0.25, 0.3) is 0 Å². The summed E-state index contributed by atoms with van der Waals surface area (Å²) in [7, 11) is 0. The van der Waals surface area contributed by atoms with Crippen LogP contribution in [0.5, 0.6) is 5.75 Å². The normalized spacial score (nSPS) is 35.9. The Hall–Kier alpha value is -1.06. The molecule has 0 aromatic heterocycles. The predicted molar refractivity (Wildman–Crippen MR) is 84.5 cm³/mol. The van der Waals surface area contributed by atoms with Gasteiger partial charge in [0.2, 0.25) is 0 Å². The van der Waals surface area contributed by atoms with Crippen LogP contribution in [0.1, 0.15) is 58.6 Å². The van der Waals surface area contributed by atoms with Crippen molar-refractivity contribution in [3.05, 3.63) is 29.8 Å². The molecule has 1 aromatic carbocycles. The first-order valence-corrected chi connectivity index (χ1v) is 8.15. The zero-order chi connectivity index (χ0) is 15.2. The van der Waals surface area contributed by atoms with Gasteiger partial charge < -0.3 is 9.84 Å². The van der Waals surface area contributed by atoms with Gasteiger partial charge in [0.05, 0.1) is 6.04 Å². The van der Waals surface area contributed by atoms with E-state index in [1.54, 1.807) is 0 Å². The summed E-state index contributed by atoms with van der Waals surface area (Å²) in [5.41, 5.74) is 0.528. The summed E-state index contributed by atoms with van der Waals surface area (Å²) in [6, 6.07) is 8.86. The fourth-order valence-electron chi connectivity index (χ4n) is 4.22. The van der Waals surface area contributed by atoms with Gasteiger partial charge in [0.1, 0.15) is 17.5 Å². The van der Waals surface area contributed by atoms with E-state index in [9.17, 15) is 5.11 Å². The highest BCUT2D eigenvalue weighted by atomic mass is 16.5. The molecule has 0 spiro atoms. The second-order valence-corrected chi connectivity index (χ2v) is 7.21. The molecule has 1 N–H and O–H groups in total. The van der Waals surface area contributed by atoms with Crippen molar-refractivity contribution in [2.75, 3.05) is 0 Å². The number of fused-ring (bicyclic) bond motifs is 1. The summed E-state index contributed by atoms with van der Waals surface area (Å²) >= 11 is 0. The Balaban J connectivity index is 2.01. The van der Waals surface area contributed by atoms with Gasteiger partial charge in [-0.15, -0.1) is 0 Å². The van der Waals surface area contributed by atoms with Crippen molar-refractivity contribution >= 4 is 0 Å². The van der Waals surface area contributed by atoms with Crippen LogP contribution in [0.15, 0.2) is 24.3 Å². The van der Waals surface area contributed by atoms with E-state index < -0.39 is 11.7 Å². The minimum absolute atomic E-state index is 0.00213. The van der Waals surface area contributed by atoms with E-state index in [4.69, 9.17) is 4.74 Å². The Kier molecular flexibility index (Phi) is 3.74. The maximum Gasteiger partial charge on any atom is 0.126 e. The van der Waals surface area contributed by atoms with Crippen LogP contribution in [-0.4, -0.2) is 33.7 Å². The van der Waals surface area contributed by atoms with Crippen molar-refractivity contribution in [1.82, 2.24) is 4.90 Å². The molecular weight excluding hydrogens is 262 g/mol. The molecule has 1 aromatic rings. The molecule has 21 heavy (non-hydrogen) atoms. The minimum atomic E-state index is -0.493. The van der Waals surface area contributed by atoms with Crippen LogP contribution in [0, 0.1) is 0 Å². The first-order chi connectivity index (χ1) is 9.92. The SMILES string of the molecule is CC1CCCC(C)N1C1C(O)c2ccccc2OC1(C)C. The van der Waals surface area contributed by atoms with E-state index in [0.29, 0.717) is 12.1 Å². The third-order valence-electron chi connectivity index (χ3n) is 5.20. The topological polar surface area (TPSA) is 32.7 Å². The van der Waals surface area contributed by atoms with Crippen LogP contribution < -0.4 is 4.74 Å². The lowest BCUT2D eigenvalue weighted by Gasteiger charge is -2.53. The minimum Gasteiger partial charge on any atom is -0.486 e. The van der Waals surface area contributed by atoms with Gasteiger partial charge in [-0.05, 0) is 46.6 Å². The molecule has 116 valence electrons. The van der Waals surface area contributed by atoms with E-state index in [2.05, 4.69) is 32.6 Å². The Bertz CT molecular complexity index is 504. The van der Waals surface area contributed by atoms with E-state index in [0.717, 1.165) is 11.3 Å². The quantitative estimate of drug-likeness (QED) is 0.858. The molecule has 4 atom stereocenters. The molecule has 0 bridgehead atoms. The third kappa shape index (κ3) is 2.47. The molecule has 4 unspecified atom stereocenters. The summed E-state index contributed by atoms with van der Waals surface area (Å²) in [5.74, 6) is 0.823. The number of benzene rings is 1. The molecule has 2 aliphatic heterocycles. The number of hydrogen-bond acceptors (Lipinski definition) is 3. The van der Waals surface area contributed by atoms with Gasteiger partial charge in [-0.3, -0.25) is 4.90 Å². The van der Waals surface area contributed by atoms with Gasteiger partial charge in [-0.1, -0.05) is 24.6 Å². The number of aliphatic hydroxyl groups is 1. The summed E-state index contributed by atoms with van der Waals surface area (Å²) < 4.78 is 6.25.